The van der Waals surface area contributed by atoms with Crippen LogP contribution in [0, 0.1) is 3.57 Å². The number of hydrogen-bond donors (Lipinski definition) is 1. The third-order valence-electron chi connectivity index (χ3n) is 1.82. The standard InChI is InChI=1S/C9H6INOS/c10-7-2-5(3-12)1-6-8(11)4-13-9(6)7/h1-4H,11H2. The van der Waals surface area contributed by atoms with E-state index in [9.17, 15) is 4.79 Å². The van der Waals surface area contributed by atoms with Crippen molar-refractivity contribution < 1.29 is 4.79 Å². The Morgan fingerprint density at radius 1 is 1.46 bits per heavy atom. The number of carbonyl (C=O) groups is 1. The number of carbonyl (C=O) groups excluding carboxylic acids is 1. The first kappa shape index (κ1) is 8.96. The average Bonchev–Trinajstić information content (AvgIpc) is 2.48. The van der Waals surface area contributed by atoms with Gasteiger partial charge >= 0.3 is 0 Å². The van der Waals surface area contributed by atoms with E-state index in [0.717, 1.165) is 25.6 Å². The maximum atomic E-state index is 10.6. The zero-order chi connectivity index (χ0) is 9.42. The summed E-state index contributed by atoms with van der Waals surface area (Å²) in [6.45, 7) is 0. The monoisotopic (exact) mass is 303 g/mol. The topological polar surface area (TPSA) is 43.1 Å². The number of halogens is 1. The summed E-state index contributed by atoms with van der Waals surface area (Å²) in [7, 11) is 0. The minimum atomic E-state index is 0.682. The Hall–Kier alpha value is -0.620. The van der Waals surface area contributed by atoms with Gasteiger partial charge in [0.15, 0.2) is 0 Å². The van der Waals surface area contributed by atoms with Crippen molar-refractivity contribution in [2.75, 3.05) is 5.73 Å². The largest absolute Gasteiger partial charge is 0.398 e. The molecule has 4 heteroatoms. The van der Waals surface area contributed by atoms with Gasteiger partial charge in [-0.15, -0.1) is 11.3 Å². The Kier molecular flexibility index (Phi) is 2.25. The molecule has 0 amide bonds. The molecule has 2 nitrogen and oxygen atoms in total. The molecule has 1 aromatic heterocycles. The van der Waals surface area contributed by atoms with E-state index >= 15 is 0 Å². The molecule has 0 saturated heterocycles. The Morgan fingerprint density at radius 3 is 2.92 bits per heavy atom. The molecule has 0 spiro atoms. The number of fused-ring (bicyclic) bond motifs is 1. The van der Waals surface area contributed by atoms with E-state index in [1.54, 1.807) is 11.3 Å². The molecule has 0 atom stereocenters. The van der Waals surface area contributed by atoms with Gasteiger partial charge in [-0.3, -0.25) is 4.79 Å². The fourth-order valence-electron chi connectivity index (χ4n) is 1.20. The maximum Gasteiger partial charge on any atom is 0.150 e. The first-order valence-corrected chi connectivity index (χ1v) is 5.59. The summed E-state index contributed by atoms with van der Waals surface area (Å²) in [5, 5.41) is 2.89. The number of aldehydes is 1. The molecule has 0 aliphatic heterocycles. The molecular formula is C9H6INOS. The molecule has 66 valence electrons. The predicted molar refractivity (Wildman–Crippen MR) is 64.3 cm³/mol. The van der Waals surface area contributed by atoms with Gasteiger partial charge in [-0.25, -0.2) is 0 Å². The highest BCUT2D eigenvalue weighted by molar-refractivity contribution is 14.1. The predicted octanol–water partition coefficient (Wildman–Crippen LogP) is 2.90. The van der Waals surface area contributed by atoms with Crippen LogP contribution in [0.4, 0.5) is 5.69 Å². The molecule has 13 heavy (non-hydrogen) atoms. The summed E-state index contributed by atoms with van der Waals surface area (Å²) >= 11 is 3.83. The summed E-state index contributed by atoms with van der Waals surface area (Å²) in [5.74, 6) is 0. The molecule has 0 radical (unpaired) electrons. The lowest BCUT2D eigenvalue weighted by Gasteiger charge is -1.96. The van der Waals surface area contributed by atoms with Crippen LogP contribution < -0.4 is 5.73 Å². The van der Waals surface area contributed by atoms with Crippen LogP contribution in [0.2, 0.25) is 0 Å². The Balaban J connectivity index is 2.87. The third-order valence-corrected chi connectivity index (χ3v) is 4.08. The Labute approximate surface area is 92.9 Å². The van der Waals surface area contributed by atoms with E-state index in [1.807, 2.05) is 17.5 Å². The number of thiophene rings is 1. The summed E-state index contributed by atoms with van der Waals surface area (Å²) in [6.07, 6.45) is 0.846. The highest BCUT2D eigenvalue weighted by Crippen LogP contribution is 2.32. The van der Waals surface area contributed by atoms with Crippen molar-refractivity contribution in [3.63, 3.8) is 0 Å². The van der Waals surface area contributed by atoms with Crippen molar-refractivity contribution in [3.8, 4) is 0 Å². The number of rotatable bonds is 1. The third kappa shape index (κ3) is 1.44. The molecule has 0 aliphatic rings. The highest BCUT2D eigenvalue weighted by Gasteiger charge is 2.05. The molecule has 1 aromatic carbocycles. The van der Waals surface area contributed by atoms with Gasteiger partial charge in [0.2, 0.25) is 0 Å². The number of nitrogens with two attached hydrogens (primary N) is 1. The van der Waals surface area contributed by atoms with E-state index < -0.39 is 0 Å². The lowest BCUT2D eigenvalue weighted by atomic mass is 10.2. The molecule has 0 bridgehead atoms. The first-order valence-electron chi connectivity index (χ1n) is 3.64. The van der Waals surface area contributed by atoms with Gasteiger partial charge in [-0.2, -0.15) is 0 Å². The number of benzene rings is 1. The Morgan fingerprint density at radius 2 is 2.23 bits per heavy atom. The molecule has 0 aliphatic carbocycles. The molecule has 0 saturated carbocycles. The van der Waals surface area contributed by atoms with Gasteiger partial charge in [0.1, 0.15) is 6.29 Å². The number of anilines is 1. The van der Waals surface area contributed by atoms with Crippen molar-refractivity contribution in [1.82, 2.24) is 0 Å². The fraction of sp³-hybridized carbons (Fsp3) is 0. The molecule has 0 fully saturated rings. The molecule has 2 aromatic rings. The highest BCUT2D eigenvalue weighted by atomic mass is 127. The average molecular weight is 303 g/mol. The second-order valence-electron chi connectivity index (χ2n) is 2.69. The zero-order valence-electron chi connectivity index (χ0n) is 6.58. The van der Waals surface area contributed by atoms with Crippen LogP contribution in [0.3, 0.4) is 0 Å². The smallest absolute Gasteiger partial charge is 0.150 e. The van der Waals surface area contributed by atoms with Crippen LogP contribution in [0.15, 0.2) is 17.5 Å². The molecule has 2 rings (SSSR count). The quantitative estimate of drug-likeness (QED) is 0.650. The van der Waals surface area contributed by atoms with Gasteiger partial charge in [-0.1, -0.05) is 0 Å². The van der Waals surface area contributed by atoms with E-state index in [-0.39, 0.29) is 0 Å². The number of nitrogen functional groups attached to an aromatic ring is 1. The van der Waals surface area contributed by atoms with Gasteiger partial charge in [0, 0.05) is 24.6 Å². The van der Waals surface area contributed by atoms with Gasteiger partial charge in [-0.05, 0) is 34.7 Å². The van der Waals surface area contributed by atoms with Crippen LogP contribution in [-0.2, 0) is 0 Å². The van der Waals surface area contributed by atoms with Crippen LogP contribution in [0.1, 0.15) is 10.4 Å². The second-order valence-corrected chi connectivity index (χ2v) is 4.73. The molecule has 0 unspecified atom stereocenters. The molecule has 2 N–H and O–H groups in total. The van der Waals surface area contributed by atoms with E-state index in [4.69, 9.17) is 5.73 Å². The maximum absolute atomic E-state index is 10.6. The van der Waals surface area contributed by atoms with E-state index in [0.29, 0.717) is 5.56 Å². The fourth-order valence-corrected chi connectivity index (χ4v) is 3.08. The Bertz CT molecular complexity index is 478. The second kappa shape index (κ2) is 3.26. The lowest BCUT2D eigenvalue weighted by Crippen LogP contribution is -1.85. The van der Waals surface area contributed by atoms with Gasteiger partial charge in [0.05, 0.1) is 5.69 Å². The molecule has 1 heterocycles. The van der Waals surface area contributed by atoms with Crippen LogP contribution in [0.25, 0.3) is 10.1 Å². The first-order chi connectivity index (χ1) is 6.22. The zero-order valence-corrected chi connectivity index (χ0v) is 9.56. The summed E-state index contributed by atoms with van der Waals surface area (Å²) in [5.41, 5.74) is 7.19. The summed E-state index contributed by atoms with van der Waals surface area (Å²) in [4.78, 5) is 10.6. The van der Waals surface area contributed by atoms with Crippen LogP contribution in [-0.4, -0.2) is 6.29 Å². The summed E-state index contributed by atoms with van der Waals surface area (Å²) < 4.78 is 2.24. The normalized spacial score (nSPS) is 10.5. The summed E-state index contributed by atoms with van der Waals surface area (Å²) in [6, 6.07) is 3.70. The van der Waals surface area contributed by atoms with Crippen molar-refractivity contribution in [2.45, 2.75) is 0 Å². The van der Waals surface area contributed by atoms with Crippen LogP contribution in [0.5, 0.6) is 0 Å². The van der Waals surface area contributed by atoms with E-state index in [1.165, 1.54) is 0 Å². The van der Waals surface area contributed by atoms with E-state index in [2.05, 4.69) is 22.6 Å². The number of hydrogen-bond acceptors (Lipinski definition) is 3. The van der Waals surface area contributed by atoms with Crippen molar-refractivity contribution in [3.05, 3.63) is 26.6 Å². The lowest BCUT2D eigenvalue weighted by molar-refractivity contribution is 0.112. The SMILES string of the molecule is Nc1csc2c(I)cc(C=O)cc12. The van der Waals surface area contributed by atoms with Gasteiger partial charge in [0.25, 0.3) is 0 Å². The van der Waals surface area contributed by atoms with Crippen molar-refractivity contribution >= 4 is 56.0 Å². The molecular weight excluding hydrogens is 297 g/mol. The van der Waals surface area contributed by atoms with Crippen LogP contribution >= 0.6 is 33.9 Å². The van der Waals surface area contributed by atoms with Crippen molar-refractivity contribution in [1.29, 1.82) is 0 Å². The van der Waals surface area contributed by atoms with Crippen molar-refractivity contribution in [2.24, 2.45) is 0 Å². The minimum absolute atomic E-state index is 0.682. The van der Waals surface area contributed by atoms with Gasteiger partial charge < -0.3 is 5.73 Å². The minimum Gasteiger partial charge on any atom is -0.398 e.